The molecule has 0 saturated heterocycles. The van der Waals surface area contributed by atoms with E-state index in [1.807, 2.05) is 0 Å². The van der Waals surface area contributed by atoms with Crippen LogP contribution < -0.4 is 4.74 Å². The number of aromatic hydroxyl groups is 1. The third-order valence-electron chi connectivity index (χ3n) is 2.66. The van der Waals surface area contributed by atoms with Gasteiger partial charge in [-0.15, -0.1) is 0 Å². The van der Waals surface area contributed by atoms with Gasteiger partial charge in [-0.2, -0.15) is 0 Å². The largest absolute Gasteiger partial charge is 0.504 e. The predicted octanol–water partition coefficient (Wildman–Crippen LogP) is 3.58. The fraction of sp³-hybridized carbons (Fsp3) is 0.500. The van der Waals surface area contributed by atoms with Crippen LogP contribution in [-0.4, -0.2) is 11.1 Å². The van der Waals surface area contributed by atoms with E-state index in [0.717, 1.165) is 25.7 Å². The number of phenolic OH excluding ortho intramolecular Hbond substituents is 1. The Kier molecular flexibility index (Phi) is 5.53. The van der Waals surface area contributed by atoms with Crippen molar-refractivity contribution in [1.82, 2.24) is 0 Å². The zero-order chi connectivity index (χ0) is 12.7. The Morgan fingerprint density at radius 2 is 2.06 bits per heavy atom. The number of hydrogen-bond donors (Lipinski definition) is 1. The van der Waals surface area contributed by atoms with Crippen molar-refractivity contribution in [3.8, 4) is 11.5 Å². The summed E-state index contributed by atoms with van der Waals surface area (Å²) >= 11 is 0. The molecule has 17 heavy (non-hydrogen) atoms. The molecule has 0 unspecified atom stereocenters. The van der Waals surface area contributed by atoms with Crippen molar-refractivity contribution < 1.29 is 14.6 Å². The van der Waals surface area contributed by atoms with Crippen molar-refractivity contribution in [2.75, 3.05) is 0 Å². The molecule has 1 aromatic rings. The Morgan fingerprint density at radius 3 is 2.76 bits per heavy atom. The van der Waals surface area contributed by atoms with Gasteiger partial charge in [-0.05, 0) is 25.0 Å². The Hall–Kier alpha value is -1.51. The molecule has 0 aliphatic carbocycles. The van der Waals surface area contributed by atoms with Gasteiger partial charge in [-0.1, -0.05) is 38.3 Å². The van der Waals surface area contributed by atoms with Crippen LogP contribution in [0.25, 0.3) is 0 Å². The van der Waals surface area contributed by atoms with E-state index in [1.165, 1.54) is 0 Å². The molecule has 0 aliphatic rings. The highest BCUT2D eigenvalue weighted by atomic mass is 16.5. The van der Waals surface area contributed by atoms with E-state index < -0.39 is 0 Å². The number of para-hydroxylation sites is 1. The number of benzene rings is 1. The molecule has 0 radical (unpaired) electrons. The second kappa shape index (κ2) is 6.94. The summed E-state index contributed by atoms with van der Waals surface area (Å²) in [6, 6.07) is 5.13. The molecule has 0 fully saturated rings. The SMILES string of the molecule is CCCCCCC(=O)Oc1cccc(C)c1O. The van der Waals surface area contributed by atoms with Crippen molar-refractivity contribution in [2.24, 2.45) is 0 Å². The van der Waals surface area contributed by atoms with Gasteiger partial charge in [-0.25, -0.2) is 0 Å². The van der Waals surface area contributed by atoms with Gasteiger partial charge in [0.1, 0.15) is 0 Å². The zero-order valence-electron chi connectivity index (χ0n) is 10.5. The molecule has 94 valence electrons. The summed E-state index contributed by atoms with van der Waals surface area (Å²) in [5.41, 5.74) is 0.710. The molecule has 1 aromatic carbocycles. The number of ether oxygens (including phenoxy) is 1. The van der Waals surface area contributed by atoms with Gasteiger partial charge < -0.3 is 9.84 Å². The lowest BCUT2D eigenvalue weighted by Crippen LogP contribution is -2.07. The second-order valence-electron chi connectivity index (χ2n) is 4.21. The molecule has 0 saturated carbocycles. The first-order valence-corrected chi connectivity index (χ1v) is 6.14. The molecule has 0 atom stereocenters. The molecule has 0 spiro atoms. The standard InChI is InChI=1S/C14H20O3/c1-3-4-5-6-10-13(15)17-12-9-7-8-11(2)14(12)16/h7-9,16H,3-6,10H2,1-2H3. The molecule has 1 N–H and O–H groups in total. The van der Waals surface area contributed by atoms with Crippen molar-refractivity contribution in [3.63, 3.8) is 0 Å². The van der Waals surface area contributed by atoms with E-state index in [9.17, 15) is 9.90 Å². The number of esters is 1. The molecule has 3 heteroatoms. The maximum absolute atomic E-state index is 11.5. The first-order valence-electron chi connectivity index (χ1n) is 6.14. The zero-order valence-corrected chi connectivity index (χ0v) is 10.5. The van der Waals surface area contributed by atoms with Crippen LogP contribution in [-0.2, 0) is 4.79 Å². The average molecular weight is 236 g/mol. The van der Waals surface area contributed by atoms with Gasteiger partial charge in [0.25, 0.3) is 0 Å². The van der Waals surface area contributed by atoms with Gasteiger partial charge >= 0.3 is 5.97 Å². The number of aryl methyl sites for hydroxylation is 1. The predicted molar refractivity (Wildman–Crippen MR) is 67.2 cm³/mol. The normalized spacial score (nSPS) is 10.2. The van der Waals surface area contributed by atoms with E-state index in [1.54, 1.807) is 25.1 Å². The van der Waals surface area contributed by atoms with E-state index in [2.05, 4.69) is 6.92 Å². The first kappa shape index (κ1) is 13.6. The molecule has 1 rings (SSSR count). The molecular formula is C14H20O3. The minimum atomic E-state index is -0.276. The van der Waals surface area contributed by atoms with E-state index in [4.69, 9.17) is 4.74 Å². The Labute approximate surface area is 102 Å². The van der Waals surface area contributed by atoms with Crippen LogP contribution >= 0.6 is 0 Å². The summed E-state index contributed by atoms with van der Waals surface area (Å²) in [4.78, 5) is 11.5. The first-order chi connectivity index (χ1) is 8.15. The topological polar surface area (TPSA) is 46.5 Å². The average Bonchev–Trinajstić information content (AvgIpc) is 2.31. The van der Waals surface area contributed by atoms with Crippen LogP contribution in [0, 0.1) is 6.92 Å². The van der Waals surface area contributed by atoms with Gasteiger partial charge in [0.05, 0.1) is 0 Å². The quantitative estimate of drug-likeness (QED) is 0.466. The summed E-state index contributed by atoms with van der Waals surface area (Å²) < 4.78 is 5.12. The van der Waals surface area contributed by atoms with Gasteiger partial charge in [-0.3, -0.25) is 4.79 Å². The third kappa shape index (κ3) is 4.47. The number of carbonyl (C=O) groups excluding carboxylic acids is 1. The van der Waals surface area contributed by atoms with Crippen LogP contribution in [0.1, 0.15) is 44.6 Å². The van der Waals surface area contributed by atoms with Crippen molar-refractivity contribution in [1.29, 1.82) is 0 Å². The molecule has 0 amide bonds. The highest BCUT2D eigenvalue weighted by Gasteiger charge is 2.09. The highest BCUT2D eigenvalue weighted by molar-refractivity contribution is 5.73. The summed E-state index contributed by atoms with van der Waals surface area (Å²) in [6.45, 7) is 3.90. The lowest BCUT2D eigenvalue weighted by Gasteiger charge is -2.07. The number of rotatable bonds is 6. The summed E-state index contributed by atoms with van der Waals surface area (Å²) in [5.74, 6) is 0.0295. The maximum atomic E-state index is 11.5. The Balaban J connectivity index is 2.43. The van der Waals surface area contributed by atoms with E-state index in [0.29, 0.717) is 12.0 Å². The van der Waals surface area contributed by atoms with Crippen molar-refractivity contribution in [3.05, 3.63) is 23.8 Å². The third-order valence-corrected chi connectivity index (χ3v) is 2.66. The summed E-state index contributed by atoms with van der Waals surface area (Å²) in [5, 5.41) is 9.68. The Bertz CT molecular complexity index is 372. The number of unbranched alkanes of at least 4 members (excludes halogenated alkanes) is 3. The van der Waals surface area contributed by atoms with Crippen molar-refractivity contribution >= 4 is 5.97 Å². The summed E-state index contributed by atoms with van der Waals surface area (Å²) in [7, 11) is 0. The molecule has 0 bridgehead atoms. The van der Waals surface area contributed by atoms with E-state index in [-0.39, 0.29) is 17.5 Å². The highest BCUT2D eigenvalue weighted by Crippen LogP contribution is 2.29. The van der Waals surface area contributed by atoms with Gasteiger partial charge in [0.2, 0.25) is 0 Å². The molecule has 0 heterocycles. The fourth-order valence-electron chi connectivity index (χ4n) is 1.58. The Morgan fingerprint density at radius 1 is 1.29 bits per heavy atom. The lowest BCUT2D eigenvalue weighted by atomic mass is 10.1. The van der Waals surface area contributed by atoms with Gasteiger partial charge in [0, 0.05) is 6.42 Å². The molecule has 0 aliphatic heterocycles. The smallest absolute Gasteiger partial charge is 0.311 e. The number of carbonyl (C=O) groups is 1. The fourth-order valence-corrected chi connectivity index (χ4v) is 1.58. The monoisotopic (exact) mass is 236 g/mol. The van der Waals surface area contributed by atoms with Crippen LogP contribution in [0.5, 0.6) is 11.5 Å². The minimum absolute atomic E-state index is 0.0504. The number of hydrogen-bond acceptors (Lipinski definition) is 3. The minimum Gasteiger partial charge on any atom is -0.504 e. The van der Waals surface area contributed by atoms with E-state index >= 15 is 0 Å². The lowest BCUT2D eigenvalue weighted by molar-refractivity contribution is -0.134. The summed E-state index contributed by atoms with van der Waals surface area (Å²) in [6.07, 6.45) is 4.59. The molecule has 0 aromatic heterocycles. The van der Waals surface area contributed by atoms with Crippen LogP contribution in [0.4, 0.5) is 0 Å². The maximum Gasteiger partial charge on any atom is 0.311 e. The van der Waals surface area contributed by atoms with Crippen molar-refractivity contribution in [2.45, 2.75) is 46.0 Å². The van der Waals surface area contributed by atoms with Gasteiger partial charge in [0.15, 0.2) is 11.5 Å². The second-order valence-corrected chi connectivity index (χ2v) is 4.21. The number of phenols is 1. The van der Waals surface area contributed by atoms with Crippen LogP contribution in [0.2, 0.25) is 0 Å². The van der Waals surface area contributed by atoms with Crippen LogP contribution in [0.3, 0.4) is 0 Å². The molecular weight excluding hydrogens is 216 g/mol. The van der Waals surface area contributed by atoms with Crippen LogP contribution in [0.15, 0.2) is 18.2 Å². The molecule has 3 nitrogen and oxygen atoms in total.